The van der Waals surface area contributed by atoms with E-state index < -0.39 is 40.2 Å². The van der Waals surface area contributed by atoms with Crippen LogP contribution < -0.4 is 14.4 Å². The van der Waals surface area contributed by atoms with Crippen LogP contribution >= 0.6 is 11.6 Å². The second kappa shape index (κ2) is 13.6. The lowest BCUT2D eigenvalue weighted by Crippen LogP contribution is -2.52. The first-order valence-electron chi connectivity index (χ1n) is 12.7. The van der Waals surface area contributed by atoms with Gasteiger partial charge >= 0.3 is 0 Å². The van der Waals surface area contributed by atoms with Gasteiger partial charge in [-0.05, 0) is 68.3 Å². The fourth-order valence-corrected chi connectivity index (χ4v) is 5.53. The zero-order chi connectivity index (χ0) is 29.4. The smallest absolute Gasteiger partial charge is 0.264 e. The van der Waals surface area contributed by atoms with Crippen molar-refractivity contribution in [3.8, 4) is 5.75 Å². The van der Waals surface area contributed by atoms with Gasteiger partial charge in [0.05, 0.1) is 17.7 Å². The Bertz CT molecular complexity index is 1420. The molecule has 0 fully saturated rings. The minimum Gasteiger partial charge on any atom is -0.495 e. The zero-order valence-corrected chi connectivity index (χ0v) is 24.4. The molecular weight excluding hydrogens is 557 g/mol. The summed E-state index contributed by atoms with van der Waals surface area (Å²) in [6, 6.07) is 16.5. The van der Waals surface area contributed by atoms with Crippen LogP contribution in [0.1, 0.15) is 32.8 Å². The summed E-state index contributed by atoms with van der Waals surface area (Å²) >= 11 is 6.23. The van der Waals surface area contributed by atoms with Gasteiger partial charge in [-0.15, -0.1) is 0 Å². The Kier molecular flexibility index (Phi) is 10.5. The Labute approximate surface area is 239 Å². The van der Waals surface area contributed by atoms with E-state index in [1.165, 1.54) is 60.5 Å². The highest BCUT2D eigenvalue weighted by atomic mass is 35.5. The van der Waals surface area contributed by atoms with Crippen molar-refractivity contribution in [1.29, 1.82) is 0 Å². The summed E-state index contributed by atoms with van der Waals surface area (Å²) in [5.74, 6) is -1.32. The van der Waals surface area contributed by atoms with Crippen molar-refractivity contribution in [2.75, 3.05) is 18.0 Å². The van der Waals surface area contributed by atoms with Crippen molar-refractivity contribution in [1.82, 2.24) is 10.2 Å². The van der Waals surface area contributed by atoms with Gasteiger partial charge in [0.15, 0.2) is 0 Å². The molecule has 0 radical (unpaired) electrons. The number of benzene rings is 3. The van der Waals surface area contributed by atoms with Gasteiger partial charge in [0.25, 0.3) is 10.0 Å². The lowest BCUT2D eigenvalue weighted by molar-refractivity contribution is -0.139. The van der Waals surface area contributed by atoms with Gasteiger partial charge in [-0.3, -0.25) is 13.9 Å². The van der Waals surface area contributed by atoms with Crippen LogP contribution in [0.3, 0.4) is 0 Å². The van der Waals surface area contributed by atoms with Crippen molar-refractivity contribution in [2.45, 2.75) is 50.7 Å². The average molecular weight is 590 g/mol. The van der Waals surface area contributed by atoms with E-state index in [0.717, 1.165) is 4.31 Å². The summed E-state index contributed by atoms with van der Waals surface area (Å²) in [6.07, 6.45) is 0.683. The maximum absolute atomic E-state index is 14.0. The Balaban J connectivity index is 2.08. The number of methoxy groups -OCH3 is 1. The van der Waals surface area contributed by atoms with Crippen LogP contribution in [0.4, 0.5) is 10.1 Å². The van der Waals surface area contributed by atoms with Gasteiger partial charge in [0.1, 0.15) is 24.2 Å². The number of nitrogens with one attached hydrogen (secondary N) is 1. The van der Waals surface area contributed by atoms with Gasteiger partial charge in [-0.1, -0.05) is 48.9 Å². The van der Waals surface area contributed by atoms with E-state index in [0.29, 0.717) is 12.0 Å². The molecule has 0 heterocycles. The standard InChI is InChI=1S/C29H33ClFN3O5S/c1-5-20(2)32-29(36)21(3)33(18-22-11-14-24(31)15-12-22)28(35)19-34(26-17-23(30)13-16-27(26)39-4)40(37,38)25-9-7-6-8-10-25/h6-17,20-21H,5,18-19H2,1-4H3,(H,32,36). The molecule has 1 N–H and O–H groups in total. The fraction of sp³-hybridized carbons (Fsp3) is 0.310. The van der Waals surface area contributed by atoms with Crippen LogP contribution in [-0.4, -0.2) is 50.9 Å². The van der Waals surface area contributed by atoms with Crippen LogP contribution in [0.2, 0.25) is 5.02 Å². The number of nitrogens with zero attached hydrogens (tertiary/aromatic N) is 2. The minimum absolute atomic E-state index is 0.0440. The van der Waals surface area contributed by atoms with Crippen LogP contribution in [0, 0.1) is 5.82 Å². The number of hydrogen-bond acceptors (Lipinski definition) is 5. The van der Waals surface area contributed by atoms with Gasteiger partial charge in [0, 0.05) is 17.6 Å². The Morgan fingerprint density at radius 2 is 1.68 bits per heavy atom. The molecule has 11 heteroatoms. The van der Waals surface area contributed by atoms with E-state index in [9.17, 15) is 22.4 Å². The lowest BCUT2D eigenvalue weighted by atomic mass is 10.1. The number of hydrogen-bond donors (Lipinski definition) is 1. The minimum atomic E-state index is -4.28. The molecule has 8 nitrogen and oxygen atoms in total. The second-order valence-electron chi connectivity index (χ2n) is 9.28. The topological polar surface area (TPSA) is 96.0 Å². The van der Waals surface area contributed by atoms with E-state index in [1.807, 2.05) is 13.8 Å². The highest BCUT2D eigenvalue weighted by molar-refractivity contribution is 7.92. The number of carbonyl (C=O) groups is 2. The monoisotopic (exact) mass is 589 g/mol. The lowest BCUT2D eigenvalue weighted by Gasteiger charge is -2.32. The van der Waals surface area contributed by atoms with Crippen LogP contribution in [-0.2, 0) is 26.2 Å². The fourth-order valence-electron chi connectivity index (χ4n) is 3.93. The van der Waals surface area contributed by atoms with E-state index in [-0.39, 0.29) is 33.9 Å². The van der Waals surface area contributed by atoms with Gasteiger partial charge < -0.3 is 15.0 Å². The number of rotatable bonds is 12. The molecule has 3 aromatic rings. The molecule has 0 aliphatic heterocycles. The second-order valence-corrected chi connectivity index (χ2v) is 11.6. The Morgan fingerprint density at radius 3 is 2.27 bits per heavy atom. The third-order valence-electron chi connectivity index (χ3n) is 6.45. The molecule has 0 saturated carbocycles. The summed E-state index contributed by atoms with van der Waals surface area (Å²) in [5.41, 5.74) is 0.626. The molecule has 2 unspecified atom stereocenters. The number of carbonyl (C=O) groups excluding carboxylic acids is 2. The Hall–Kier alpha value is -3.63. The number of sulfonamides is 1. The molecular formula is C29H33ClFN3O5S. The predicted octanol–water partition coefficient (Wildman–Crippen LogP) is 5.02. The Morgan fingerprint density at radius 1 is 1.02 bits per heavy atom. The third-order valence-corrected chi connectivity index (χ3v) is 8.46. The maximum Gasteiger partial charge on any atom is 0.264 e. The van der Waals surface area contributed by atoms with Crippen LogP contribution in [0.15, 0.2) is 77.7 Å². The van der Waals surface area contributed by atoms with Crippen molar-refractivity contribution in [3.63, 3.8) is 0 Å². The molecule has 2 amide bonds. The van der Waals surface area contributed by atoms with Gasteiger partial charge in [0.2, 0.25) is 11.8 Å². The van der Waals surface area contributed by atoms with Gasteiger partial charge in [-0.2, -0.15) is 0 Å². The summed E-state index contributed by atoms with van der Waals surface area (Å²) in [5, 5.41) is 3.10. The normalized spacial score (nSPS) is 12.8. The molecule has 0 aliphatic rings. The SMILES string of the molecule is CCC(C)NC(=O)C(C)N(Cc1ccc(F)cc1)C(=O)CN(c1cc(Cl)ccc1OC)S(=O)(=O)c1ccccc1. The zero-order valence-electron chi connectivity index (χ0n) is 22.8. The molecule has 0 saturated heterocycles. The molecule has 3 aromatic carbocycles. The summed E-state index contributed by atoms with van der Waals surface area (Å²) < 4.78 is 47.7. The first-order valence-corrected chi connectivity index (χ1v) is 14.5. The molecule has 40 heavy (non-hydrogen) atoms. The number of halogens is 2. The first-order chi connectivity index (χ1) is 19.0. The third kappa shape index (κ3) is 7.51. The highest BCUT2D eigenvalue weighted by Gasteiger charge is 2.34. The van der Waals surface area contributed by atoms with Crippen molar-refractivity contribution < 1.29 is 27.1 Å². The van der Waals surface area contributed by atoms with E-state index in [4.69, 9.17) is 16.3 Å². The quantitative estimate of drug-likeness (QED) is 0.320. The highest BCUT2D eigenvalue weighted by Crippen LogP contribution is 2.35. The molecule has 0 aliphatic carbocycles. The largest absolute Gasteiger partial charge is 0.495 e. The molecule has 214 valence electrons. The summed E-state index contributed by atoms with van der Waals surface area (Å²) in [7, 11) is -2.90. The molecule has 2 atom stereocenters. The molecule has 0 bridgehead atoms. The van der Waals surface area contributed by atoms with Crippen molar-refractivity contribution in [3.05, 3.63) is 89.2 Å². The van der Waals surface area contributed by atoms with Gasteiger partial charge in [-0.25, -0.2) is 12.8 Å². The van der Waals surface area contributed by atoms with Crippen LogP contribution in [0.25, 0.3) is 0 Å². The molecule has 0 aromatic heterocycles. The molecule has 3 rings (SSSR count). The summed E-state index contributed by atoms with van der Waals surface area (Å²) in [6.45, 7) is 4.61. The van der Waals surface area contributed by atoms with Crippen molar-refractivity contribution in [2.24, 2.45) is 0 Å². The summed E-state index contributed by atoms with van der Waals surface area (Å²) in [4.78, 5) is 28.3. The predicted molar refractivity (Wildman–Crippen MR) is 153 cm³/mol. The van der Waals surface area contributed by atoms with Crippen molar-refractivity contribution >= 4 is 39.1 Å². The number of anilines is 1. The number of amides is 2. The van der Waals surface area contributed by atoms with E-state index in [1.54, 1.807) is 31.2 Å². The van der Waals surface area contributed by atoms with E-state index in [2.05, 4.69) is 5.32 Å². The maximum atomic E-state index is 14.0. The average Bonchev–Trinajstić information content (AvgIpc) is 2.95. The van der Waals surface area contributed by atoms with E-state index >= 15 is 0 Å². The van der Waals surface area contributed by atoms with Crippen LogP contribution in [0.5, 0.6) is 5.75 Å². The number of ether oxygens (including phenoxy) is 1. The first kappa shape index (κ1) is 30.9. The molecule has 0 spiro atoms.